The summed E-state index contributed by atoms with van der Waals surface area (Å²) in [4.78, 5) is 11.5. The molecule has 0 radical (unpaired) electrons. The molecule has 0 atom stereocenters. The molecule has 1 fully saturated rings. The molecule has 3 N–H and O–H groups in total. The molecule has 0 saturated carbocycles. The first-order valence-electron chi connectivity index (χ1n) is 6.50. The van der Waals surface area contributed by atoms with E-state index in [9.17, 15) is 4.79 Å². The van der Waals surface area contributed by atoms with Gasteiger partial charge in [0.1, 0.15) is 0 Å². The number of esters is 1. The van der Waals surface area contributed by atoms with Gasteiger partial charge in [-0.1, -0.05) is 6.07 Å². The average molecular weight is 264 g/mol. The lowest BCUT2D eigenvalue weighted by molar-refractivity contribution is 0.0602. The molecule has 1 heterocycles. The molecule has 2 rings (SSSR count). The predicted octanol–water partition coefficient (Wildman–Crippen LogP) is 1.89. The van der Waals surface area contributed by atoms with E-state index in [4.69, 9.17) is 15.2 Å². The number of nitrogens with two attached hydrogens (primary N) is 1. The Hall–Kier alpha value is -1.75. The topological polar surface area (TPSA) is 73.6 Å². The minimum atomic E-state index is -0.410. The standard InChI is InChI=1S/C14H20N2O3/c1-18-14(17)11-3-2-4-12(13(11)15)16-9-10-5-7-19-8-6-10/h2-4,10,16H,5-9,15H2,1H3. The van der Waals surface area contributed by atoms with Crippen molar-refractivity contribution in [3.8, 4) is 0 Å². The first kappa shape index (κ1) is 13.7. The predicted molar refractivity (Wildman–Crippen MR) is 74.2 cm³/mol. The van der Waals surface area contributed by atoms with Gasteiger partial charge in [-0.15, -0.1) is 0 Å². The number of ether oxygens (including phenoxy) is 2. The molecular formula is C14H20N2O3. The molecule has 0 bridgehead atoms. The quantitative estimate of drug-likeness (QED) is 0.641. The molecule has 0 amide bonds. The van der Waals surface area contributed by atoms with Crippen molar-refractivity contribution in [1.82, 2.24) is 0 Å². The third-order valence-corrected chi connectivity index (χ3v) is 3.43. The lowest BCUT2D eigenvalue weighted by atomic mass is 10.00. The van der Waals surface area contributed by atoms with Crippen LogP contribution in [0.5, 0.6) is 0 Å². The Morgan fingerprint density at radius 2 is 2.21 bits per heavy atom. The highest BCUT2D eigenvalue weighted by Gasteiger charge is 2.16. The van der Waals surface area contributed by atoms with Gasteiger partial charge >= 0.3 is 5.97 Å². The normalized spacial score (nSPS) is 16.1. The van der Waals surface area contributed by atoms with Crippen LogP contribution in [0.2, 0.25) is 0 Å². The van der Waals surface area contributed by atoms with Gasteiger partial charge in [-0.05, 0) is 30.9 Å². The highest BCUT2D eigenvalue weighted by molar-refractivity contribution is 5.98. The van der Waals surface area contributed by atoms with E-state index in [0.717, 1.165) is 38.3 Å². The van der Waals surface area contributed by atoms with Crippen LogP contribution in [0.3, 0.4) is 0 Å². The van der Waals surface area contributed by atoms with Crippen molar-refractivity contribution < 1.29 is 14.3 Å². The molecule has 0 unspecified atom stereocenters. The van der Waals surface area contributed by atoms with Gasteiger partial charge in [-0.25, -0.2) is 4.79 Å². The van der Waals surface area contributed by atoms with Gasteiger partial charge in [0.05, 0.1) is 24.0 Å². The first-order chi connectivity index (χ1) is 9.22. The maximum atomic E-state index is 11.5. The van der Waals surface area contributed by atoms with Gasteiger partial charge < -0.3 is 20.5 Å². The zero-order valence-electron chi connectivity index (χ0n) is 11.1. The van der Waals surface area contributed by atoms with Crippen LogP contribution in [-0.4, -0.2) is 32.8 Å². The third-order valence-electron chi connectivity index (χ3n) is 3.43. The number of hydrogen-bond donors (Lipinski definition) is 2. The number of hydrogen-bond acceptors (Lipinski definition) is 5. The zero-order chi connectivity index (χ0) is 13.7. The van der Waals surface area contributed by atoms with Crippen LogP contribution in [0.4, 0.5) is 11.4 Å². The van der Waals surface area contributed by atoms with Gasteiger partial charge in [0.15, 0.2) is 0 Å². The molecule has 0 aliphatic carbocycles. The van der Waals surface area contributed by atoms with Crippen molar-refractivity contribution in [3.63, 3.8) is 0 Å². The number of para-hydroxylation sites is 1. The molecule has 0 spiro atoms. The van der Waals surface area contributed by atoms with Crippen LogP contribution in [0.15, 0.2) is 18.2 Å². The molecule has 104 valence electrons. The second kappa shape index (κ2) is 6.43. The van der Waals surface area contributed by atoms with Crippen molar-refractivity contribution in [2.24, 2.45) is 5.92 Å². The molecule has 1 aromatic rings. The van der Waals surface area contributed by atoms with Crippen molar-refractivity contribution >= 4 is 17.3 Å². The molecule has 19 heavy (non-hydrogen) atoms. The largest absolute Gasteiger partial charge is 0.465 e. The number of anilines is 2. The third kappa shape index (κ3) is 3.38. The fourth-order valence-corrected chi connectivity index (χ4v) is 2.21. The van der Waals surface area contributed by atoms with Crippen LogP contribution in [0, 0.1) is 5.92 Å². The van der Waals surface area contributed by atoms with E-state index in [-0.39, 0.29) is 0 Å². The number of carbonyl (C=O) groups is 1. The highest BCUT2D eigenvalue weighted by Crippen LogP contribution is 2.24. The number of nitrogens with one attached hydrogen (secondary N) is 1. The summed E-state index contributed by atoms with van der Waals surface area (Å²) in [6.45, 7) is 2.49. The van der Waals surface area contributed by atoms with Gasteiger partial charge in [0.25, 0.3) is 0 Å². The average Bonchev–Trinajstić information content (AvgIpc) is 2.46. The smallest absolute Gasteiger partial charge is 0.340 e. The summed E-state index contributed by atoms with van der Waals surface area (Å²) < 4.78 is 10.0. The fraction of sp³-hybridized carbons (Fsp3) is 0.500. The number of methoxy groups -OCH3 is 1. The van der Waals surface area contributed by atoms with E-state index < -0.39 is 5.97 Å². The summed E-state index contributed by atoms with van der Waals surface area (Å²) in [6, 6.07) is 5.34. The summed E-state index contributed by atoms with van der Waals surface area (Å²) in [6.07, 6.45) is 2.12. The van der Waals surface area contributed by atoms with Crippen molar-refractivity contribution in [3.05, 3.63) is 23.8 Å². The molecule has 1 aliphatic rings. The monoisotopic (exact) mass is 264 g/mol. The van der Waals surface area contributed by atoms with E-state index >= 15 is 0 Å². The highest BCUT2D eigenvalue weighted by atomic mass is 16.5. The second-order valence-corrected chi connectivity index (χ2v) is 4.70. The van der Waals surface area contributed by atoms with E-state index in [1.807, 2.05) is 6.07 Å². The first-order valence-corrected chi connectivity index (χ1v) is 6.50. The summed E-state index contributed by atoms with van der Waals surface area (Å²) in [5.74, 6) is 0.183. The summed E-state index contributed by atoms with van der Waals surface area (Å²) in [7, 11) is 1.35. The molecule has 1 saturated heterocycles. The van der Waals surface area contributed by atoms with Crippen LogP contribution in [0.25, 0.3) is 0 Å². The molecule has 5 heteroatoms. The van der Waals surface area contributed by atoms with Crippen LogP contribution in [-0.2, 0) is 9.47 Å². The van der Waals surface area contributed by atoms with Gasteiger partial charge in [-0.2, -0.15) is 0 Å². The second-order valence-electron chi connectivity index (χ2n) is 4.70. The number of nitrogen functional groups attached to an aromatic ring is 1. The Kier molecular flexibility index (Phi) is 4.63. The van der Waals surface area contributed by atoms with Gasteiger partial charge in [0.2, 0.25) is 0 Å². The lowest BCUT2D eigenvalue weighted by Gasteiger charge is -2.23. The number of carbonyl (C=O) groups excluding carboxylic acids is 1. The van der Waals surface area contributed by atoms with Crippen molar-refractivity contribution in [2.75, 3.05) is 37.9 Å². The van der Waals surface area contributed by atoms with Gasteiger partial charge in [0, 0.05) is 19.8 Å². The number of benzene rings is 1. The van der Waals surface area contributed by atoms with Crippen molar-refractivity contribution in [2.45, 2.75) is 12.8 Å². The summed E-state index contributed by atoms with van der Waals surface area (Å²) >= 11 is 0. The summed E-state index contributed by atoms with van der Waals surface area (Å²) in [5, 5.41) is 3.31. The molecular weight excluding hydrogens is 244 g/mol. The maximum absolute atomic E-state index is 11.5. The Bertz CT molecular complexity index is 442. The number of rotatable bonds is 4. The maximum Gasteiger partial charge on any atom is 0.340 e. The van der Waals surface area contributed by atoms with E-state index in [1.165, 1.54) is 7.11 Å². The molecule has 1 aromatic carbocycles. The molecule has 0 aromatic heterocycles. The minimum Gasteiger partial charge on any atom is -0.465 e. The van der Waals surface area contributed by atoms with E-state index in [2.05, 4.69) is 5.32 Å². The molecule has 5 nitrogen and oxygen atoms in total. The SMILES string of the molecule is COC(=O)c1cccc(NCC2CCOCC2)c1N. The Morgan fingerprint density at radius 3 is 2.89 bits per heavy atom. The van der Waals surface area contributed by atoms with E-state index in [0.29, 0.717) is 17.2 Å². The van der Waals surface area contributed by atoms with Crippen LogP contribution < -0.4 is 11.1 Å². The summed E-state index contributed by atoms with van der Waals surface area (Å²) in [5.41, 5.74) is 7.62. The molecule has 1 aliphatic heterocycles. The Balaban J connectivity index is 2.01. The zero-order valence-corrected chi connectivity index (χ0v) is 11.1. The van der Waals surface area contributed by atoms with Crippen LogP contribution >= 0.6 is 0 Å². The fourth-order valence-electron chi connectivity index (χ4n) is 2.21. The van der Waals surface area contributed by atoms with Gasteiger partial charge in [-0.3, -0.25) is 0 Å². The Morgan fingerprint density at radius 1 is 1.47 bits per heavy atom. The van der Waals surface area contributed by atoms with E-state index in [1.54, 1.807) is 12.1 Å². The van der Waals surface area contributed by atoms with Crippen LogP contribution in [0.1, 0.15) is 23.2 Å². The minimum absolute atomic E-state index is 0.402. The van der Waals surface area contributed by atoms with Crippen molar-refractivity contribution in [1.29, 1.82) is 0 Å². The Labute approximate surface area is 113 Å². The lowest BCUT2D eigenvalue weighted by Crippen LogP contribution is -2.23.